The topological polar surface area (TPSA) is 3.24 Å². The Balaban J connectivity index is 2.07. The van der Waals surface area contributed by atoms with Crippen molar-refractivity contribution in [3.8, 4) is 0 Å². The lowest BCUT2D eigenvalue weighted by Gasteiger charge is -2.25. The number of rotatable bonds is 3. The smallest absolute Gasteiger partial charge is 0.114 e. The molecular weight excluding hydrogens is 237 g/mol. The summed E-state index contributed by atoms with van der Waals surface area (Å²) < 4.78 is 14.4. The third kappa shape index (κ3) is 4.17. The first kappa shape index (κ1) is 14.3. The molecule has 1 aliphatic heterocycles. The molecule has 1 fully saturated rings. The zero-order valence-corrected chi connectivity index (χ0v) is 12.2. The SMILES string of the molecule is CC(C)(C)/C=C(/F)C1CCCN1Cc1ccccc1. The van der Waals surface area contributed by atoms with Crippen LogP contribution in [0.4, 0.5) is 4.39 Å². The summed E-state index contributed by atoms with van der Waals surface area (Å²) in [6.07, 6.45) is 3.80. The second-order valence-electron chi connectivity index (χ2n) is 6.51. The van der Waals surface area contributed by atoms with E-state index in [4.69, 9.17) is 0 Å². The van der Waals surface area contributed by atoms with Crippen LogP contribution in [0.2, 0.25) is 0 Å². The lowest BCUT2D eigenvalue weighted by Crippen LogP contribution is -2.30. The molecule has 1 atom stereocenters. The first-order chi connectivity index (χ1) is 8.96. The van der Waals surface area contributed by atoms with Crippen molar-refractivity contribution in [3.05, 3.63) is 47.8 Å². The highest BCUT2D eigenvalue weighted by atomic mass is 19.1. The van der Waals surface area contributed by atoms with Gasteiger partial charge in [0, 0.05) is 6.54 Å². The quantitative estimate of drug-likeness (QED) is 0.771. The molecule has 1 unspecified atom stereocenters. The highest BCUT2D eigenvalue weighted by Crippen LogP contribution is 2.29. The van der Waals surface area contributed by atoms with E-state index in [1.165, 1.54) is 5.56 Å². The average molecular weight is 261 g/mol. The fourth-order valence-electron chi connectivity index (χ4n) is 2.66. The van der Waals surface area contributed by atoms with Gasteiger partial charge in [-0.15, -0.1) is 0 Å². The van der Waals surface area contributed by atoms with Gasteiger partial charge in [0.2, 0.25) is 0 Å². The zero-order valence-electron chi connectivity index (χ0n) is 12.2. The molecule has 0 spiro atoms. The van der Waals surface area contributed by atoms with E-state index in [0.717, 1.165) is 25.9 Å². The summed E-state index contributed by atoms with van der Waals surface area (Å²) in [5.41, 5.74) is 1.17. The van der Waals surface area contributed by atoms with Crippen LogP contribution in [0.3, 0.4) is 0 Å². The van der Waals surface area contributed by atoms with Crippen LogP contribution in [0.25, 0.3) is 0 Å². The maximum atomic E-state index is 14.4. The minimum Gasteiger partial charge on any atom is -0.290 e. The van der Waals surface area contributed by atoms with Crippen LogP contribution in [-0.2, 0) is 6.54 Å². The molecule has 2 heteroatoms. The van der Waals surface area contributed by atoms with E-state index in [-0.39, 0.29) is 17.3 Å². The molecule has 0 radical (unpaired) electrons. The van der Waals surface area contributed by atoms with Gasteiger partial charge in [-0.05, 0) is 36.4 Å². The van der Waals surface area contributed by atoms with E-state index in [1.54, 1.807) is 6.08 Å². The molecular formula is C17H24FN. The molecule has 0 N–H and O–H groups in total. The third-order valence-corrected chi connectivity index (χ3v) is 3.48. The molecule has 0 aliphatic carbocycles. The van der Waals surface area contributed by atoms with E-state index in [2.05, 4.69) is 17.0 Å². The Hall–Kier alpha value is -1.15. The standard InChI is InChI=1S/C17H24FN/c1-17(2,3)12-15(18)16-10-7-11-19(16)13-14-8-5-4-6-9-14/h4-6,8-9,12,16H,7,10-11,13H2,1-3H3/b15-12+. The highest BCUT2D eigenvalue weighted by Gasteiger charge is 2.28. The number of allylic oxidation sites excluding steroid dienone is 1. The summed E-state index contributed by atoms with van der Waals surface area (Å²) in [5.74, 6) is 0.0425. The van der Waals surface area contributed by atoms with Crippen LogP contribution in [0, 0.1) is 5.41 Å². The van der Waals surface area contributed by atoms with Crippen LogP contribution < -0.4 is 0 Å². The van der Waals surface area contributed by atoms with Gasteiger partial charge in [0.25, 0.3) is 0 Å². The van der Waals surface area contributed by atoms with Crippen LogP contribution in [-0.4, -0.2) is 17.5 Å². The van der Waals surface area contributed by atoms with Gasteiger partial charge in [0.15, 0.2) is 0 Å². The van der Waals surface area contributed by atoms with E-state index >= 15 is 0 Å². The number of halogens is 1. The summed E-state index contributed by atoms with van der Waals surface area (Å²) in [6, 6.07) is 10.3. The van der Waals surface area contributed by atoms with Crippen molar-refractivity contribution >= 4 is 0 Å². The monoisotopic (exact) mass is 261 g/mol. The Labute approximate surface area is 116 Å². The third-order valence-electron chi connectivity index (χ3n) is 3.48. The molecule has 0 saturated carbocycles. The highest BCUT2D eigenvalue weighted by molar-refractivity contribution is 5.16. The fourth-order valence-corrected chi connectivity index (χ4v) is 2.66. The summed E-state index contributed by atoms with van der Waals surface area (Å²) in [6.45, 7) is 7.97. The van der Waals surface area contributed by atoms with E-state index in [1.807, 2.05) is 39.0 Å². The predicted octanol–water partition coefficient (Wildman–Crippen LogP) is 4.55. The number of benzene rings is 1. The van der Waals surface area contributed by atoms with Crippen LogP contribution >= 0.6 is 0 Å². The summed E-state index contributed by atoms with van der Waals surface area (Å²) in [7, 11) is 0. The summed E-state index contributed by atoms with van der Waals surface area (Å²) in [5, 5.41) is 0. The van der Waals surface area contributed by atoms with Crippen LogP contribution in [0.5, 0.6) is 0 Å². The van der Waals surface area contributed by atoms with Crippen molar-refractivity contribution in [1.82, 2.24) is 4.90 Å². The van der Waals surface area contributed by atoms with Gasteiger partial charge >= 0.3 is 0 Å². The van der Waals surface area contributed by atoms with Gasteiger partial charge in [0.05, 0.1) is 6.04 Å². The van der Waals surface area contributed by atoms with Crippen molar-refractivity contribution in [2.75, 3.05) is 6.54 Å². The van der Waals surface area contributed by atoms with E-state index in [9.17, 15) is 4.39 Å². The first-order valence-electron chi connectivity index (χ1n) is 7.12. The van der Waals surface area contributed by atoms with Gasteiger partial charge < -0.3 is 0 Å². The minimum atomic E-state index is -0.0922. The molecule has 0 amide bonds. The van der Waals surface area contributed by atoms with Crippen LogP contribution in [0.1, 0.15) is 39.2 Å². The predicted molar refractivity (Wildman–Crippen MR) is 78.5 cm³/mol. The molecule has 0 bridgehead atoms. The minimum absolute atomic E-state index is 0.0283. The molecule has 1 saturated heterocycles. The van der Waals surface area contributed by atoms with Crippen molar-refractivity contribution in [2.24, 2.45) is 5.41 Å². The molecule has 1 heterocycles. The normalized spacial score (nSPS) is 21.9. The molecule has 1 aromatic carbocycles. The summed E-state index contributed by atoms with van der Waals surface area (Å²) in [4.78, 5) is 2.26. The molecule has 0 aromatic heterocycles. The maximum absolute atomic E-state index is 14.4. The Kier molecular flexibility index (Phi) is 4.41. The molecule has 104 valence electrons. The van der Waals surface area contributed by atoms with Crippen molar-refractivity contribution in [1.29, 1.82) is 0 Å². The lowest BCUT2D eigenvalue weighted by molar-refractivity contribution is 0.243. The Morgan fingerprint density at radius 3 is 2.63 bits per heavy atom. The number of likely N-dealkylation sites (tertiary alicyclic amines) is 1. The Bertz CT molecular complexity index is 430. The van der Waals surface area contributed by atoms with Crippen molar-refractivity contribution in [3.63, 3.8) is 0 Å². The molecule has 1 aromatic rings. The van der Waals surface area contributed by atoms with Gasteiger partial charge in [-0.3, -0.25) is 4.90 Å². The molecule has 1 aliphatic rings. The average Bonchev–Trinajstić information content (AvgIpc) is 2.76. The summed E-state index contributed by atoms with van der Waals surface area (Å²) >= 11 is 0. The second kappa shape index (κ2) is 5.87. The maximum Gasteiger partial charge on any atom is 0.114 e. The van der Waals surface area contributed by atoms with Gasteiger partial charge in [-0.1, -0.05) is 51.1 Å². The number of hydrogen-bond acceptors (Lipinski definition) is 1. The van der Waals surface area contributed by atoms with Gasteiger partial charge in [-0.25, -0.2) is 4.39 Å². The van der Waals surface area contributed by atoms with Crippen molar-refractivity contribution < 1.29 is 4.39 Å². The molecule has 19 heavy (non-hydrogen) atoms. The second-order valence-corrected chi connectivity index (χ2v) is 6.51. The van der Waals surface area contributed by atoms with E-state index in [0.29, 0.717) is 0 Å². The van der Waals surface area contributed by atoms with Gasteiger partial charge in [-0.2, -0.15) is 0 Å². The van der Waals surface area contributed by atoms with E-state index < -0.39 is 0 Å². The molecule has 2 rings (SSSR count). The van der Waals surface area contributed by atoms with Crippen molar-refractivity contribution in [2.45, 2.75) is 46.2 Å². The van der Waals surface area contributed by atoms with Crippen LogP contribution in [0.15, 0.2) is 42.2 Å². The lowest BCUT2D eigenvalue weighted by atomic mass is 9.94. The van der Waals surface area contributed by atoms with Gasteiger partial charge in [0.1, 0.15) is 5.83 Å². The number of nitrogens with zero attached hydrogens (tertiary/aromatic N) is 1. The largest absolute Gasteiger partial charge is 0.290 e. The fraction of sp³-hybridized carbons (Fsp3) is 0.529. The zero-order chi connectivity index (χ0) is 13.9. The Morgan fingerprint density at radius 2 is 2.00 bits per heavy atom. The Morgan fingerprint density at radius 1 is 1.32 bits per heavy atom. The number of hydrogen-bond donors (Lipinski definition) is 0. The first-order valence-corrected chi connectivity index (χ1v) is 7.12. The molecule has 1 nitrogen and oxygen atoms in total.